The van der Waals surface area contributed by atoms with Crippen molar-refractivity contribution in [2.75, 3.05) is 18.0 Å². The summed E-state index contributed by atoms with van der Waals surface area (Å²) in [4.78, 5) is 2.04. The van der Waals surface area contributed by atoms with Crippen molar-refractivity contribution >= 4 is 5.69 Å². The van der Waals surface area contributed by atoms with E-state index in [0.717, 1.165) is 31.6 Å². The predicted molar refractivity (Wildman–Crippen MR) is 60.5 cm³/mol. The molecule has 2 rings (SSSR count). The number of hydrogen-bond acceptors (Lipinski definition) is 3. The maximum Gasteiger partial charge on any atom is 0.126 e. The molecule has 1 heterocycles. The largest absolute Gasteiger partial charge is 0.370 e. The molecule has 3 nitrogen and oxygen atoms in total. The van der Waals surface area contributed by atoms with Gasteiger partial charge in [0.15, 0.2) is 0 Å². The van der Waals surface area contributed by atoms with Crippen molar-refractivity contribution < 1.29 is 4.39 Å². The summed E-state index contributed by atoms with van der Waals surface area (Å²) < 4.78 is 13.3. The van der Waals surface area contributed by atoms with Crippen LogP contribution in [-0.4, -0.2) is 19.1 Å². The second kappa shape index (κ2) is 4.50. The Balaban J connectivity index is 2.26. The van der Waals surface area contributed by atoms with E-state index in [9.17, 15) is 4.39 Å². The number of rotatable bonds is 1. The minimum absolute atomic E-state index is 0.141. The number of piperidine rings is 1. The SMILES string of the molecule is N#Cc1cc(F)cc(N2CCC[C@@H](N)C2)c1. The molecular weight excluding hydrogens is 205 g/mol. The summed E-state index contributed by atoms with van der Waals surface area (Å²) in [5, 5.41) is 8.78. The van der Waals surface area contributed by atoms with Crippen LogP contribution >= 0.6 is 0 Å². The van der Waals surface area contributed by atoms with Crippen molar-refractivity contribution in [3.8, 4) is 6.07 Å². The van der Waals surface area contributed by atoms with Crippen LogP contribution in [0.25, 0.3) is 0 Å². The highest BCUT2D eigenvalue weighted by Crippen LogP contribution is 2.21. The Morgan fingerprint density at radius 3 is 2.94 bits per heavy atom. The van der Waals surface area contributed by atoms with Crippen LogP contribution in [0.15, 0.2) is 18.2 Å². The number of benzene rings is 1. The molecule has 1 aliphatic heterocycles. The second-order valence-electron chi connectivity index (χ2n) is 4.16. The lowest BCUT2D eigenvalue weighted by Gasteiger charge is -2.32. The third-order valence-electron chi connectivity index (χ3n) is 2.83. The highest BCUT2D eigenvalue weighted by molar-refractivity contribution is 5.52. The first-order valence-electron chi connectivity index (χ1n) is 5.40. The number of anilines is 1. The molecule has 2 N–H and O–H groups in total. The lowest BCUT2D eigenvalue weighted by molar-refractivity contribution is 0.505. The van der Waals surface area contributed by atoms with E-state index >= 15 is 0 Å². The van der Waals surface area contributed by atoms with Crippen LogP contribution < -0.4 is 10.6 Å². The van der Waals surface area contributed by atoms with Crippen molar-refractivity contribution in [3.05, 3.63) is 29.6 Å². The van der Waals surface area contributed by atoms with E-state index in [1.54, 1.807) is 6.07 Å². The normalized spacial score (nSPS) is 20.6. The van der Waals surface area contributed by atoms with Gasteiger partial charge in [-0.15, -0.1) is 0 Å². The molecule has 1 saturated heterocycles. The Bertz CT molecular complexity index is 425. The summed E-state index contributed by atoms with van der Waals surface area (Å²) in [5.74, 6) is -0.367. The first kappa shape index (κ1) is 10.9. The van der Waals surface area contributed by atoms with E-state index < -0.39 is 0 Å². The lowest BCUT2D eigenvalue weighted by Crippen LogP contribution is -2.42. The molecule has 0 spiro atoms. The monoisotopic (exact) mass is 219 g/mol. The lowest BCUT2D eigenvalue weighted by atomic mass is 10.1. The van der Waals surface area contributed by atoms with E-state index in [1.165, 1.54) is 12.1 Å². The van der Waals surface area contributed by atoms with Gasteiger partial charge in [0.2, 0.25) is 0 Å². The molecule has 4 heteroatoms. The zero-order chi connectivity index (χ0) is 11.5. The van der Waals surface area contributed by atoms with E-state index in [4.69, 9.17) is 11.0 Å². The summed E-state index contributed by atoms with van der Waals surface area (Å²) >= 11 is 0. The molecule has 1 aliphatic rings. The number of nitriles is 1. The molecule has 0 unspecified atom stereocenters. The Labute approximate surface area is 94.3 Å². The van der Waals surface area contributed by atoms with Crippen LogP contribution in [-0.2, 0) is 0 Å². The van der Waals surface area contributed by atoms with Gasteiger partial charge in [0.1, 0.15) is 5.82 Å². The first-order chi connectivity index (χ1) is 7.69. The molecule has 0 saturated carbocycles. The second-order valence-corrected chi connectivity index (χ2v) is 4.16. The fourth-order valence-electron chi connectivity index (χ4n) is 2.07. The average Bonchev–Trinajstić information content (AvgIpc) is 2.28. The Morgan fingerprint density at radius 1 is 1.44 bits per heavy atom. The highest BCUT2D eigenvalue weighted by Gasteiger charge is 2.17. The van der Waals surface area contributed by atoms with Crippen molar-refractivity contribution in [1.29, 1.82) is 5.26 Å². The fraction of sp³-hybridized carbons (Fsp3) is 0.417. The number of hydrogen-bond donors (Lipinski definition) is 1. The highest BCUT2D eigenvalue weighted by atomic mass is 19.1. The molecule has 1 aromatic carbocycles. The van der Waals surface area contributed by atoms with Gasteiger partial charge in [0, 0.05) is 24.8 Å². The van der Waals surface area contributed by atoms with E-state index in [2.05, 4.69) is 0 Å². The van der Waals surface area contributed by atoms with Crippen LogP contribution in [0.5, 0.6) is 0 Å². The minimum Gasteiger partial charge on any atom is -0.370 e. The maximum atomic E-state index is 13.3. The van der Waals surface area contributed by atoms with Crippen molar-refractivity contribution in [1.82, 2.24) is 0 Å². The maximum absolute atomic E-state index is 13.3. The molecule has 84 valence electrons. The van der Waals surface area contributed by atoms with Crippen molar-refractivity contribution in [3.63, 3.8) is 0 Å². The Kier molecular flexibility index (Phi) is 3.07. The van der Waals surface area contributed by atoms with Crippen LogP contribution in [0.2, 0.25) is 0 Å². The Hall–Kier alpha value is -1.60. The topological polar surface area (TPSA) is 53.0 Å². The van der Waals surface area contributed by atoms with Gasteiger partial charge in [-0.25, -0.2) is 4.39 Å². The van der Waals surface area contributed by atoms with E-state index in [0.29, 0.717) is 5.56 Å². The molecule has 1 aromatic rings. The van der Waals surface area contributed by atoms with Crippen LogP contribution in [0.4, 0.5) is 10.1 Å². The van der Waals surface area contributed by atoms with Gasteiger partial charge >= 0.3 is 0 Å². The van der Waals surface area contributed by atoms with Gasteiger partial charge < -0.3 is 10.6 Å². The number of halogens is 1. The molecule has 0 aliphatic carbocycles. The molecule has 16 heavy (non-hydrogen) atoms. The summed E-state index contributed by atoms with van der Waals surface area (Å²) in [5.41, 5.74) is 6.98. The average molecular weight is 219 g/mol. The zero-order valence-corrected chi connectivity index (χ0v) is 8.99. The van der Waals surface area contributed by atoms with Gasteiger partial charge in [0.25, 0.3) is 0 Å². The number of nitrogens with two attached hydrogens (primary N) is 1. The van der Waals surface area contributed by atoms with Crippen LogP contribution in [0, 0.1) is 17.1 Å². The smallest absolute Gasteiger partial charge is 0.126 e. The van der Waals surface area contributed by atoms with Crippen LogP contribution in [0.1, 0.15) is 18.4 Å². The summed E-state index contributed by atoms with van der Waals surface area (Å²) in [6, 6.07) is 6.51. The van der Waals surface area contributed by atoms with Gasteiger partial charge in [-0.3, -0.25) is 0 Å². The minimum atomic E-state index is -0.367. The molecular formula is C12H14FN3. The standard InChI is InChI=1S/C12H14FN3/c13-10-4-9(7-14)5-12(6-10)16-3-1-2-11(15)8-16/h4-6,11H,1-3,8,15H2/t11-/m1/s1. The molecule has 0 bridgehead atoms. The van der Waals surface area contributed by atoms with E-state index in [-0.39, 0.29) is 11.9 Å². The van der Waals surface area contributed by atoms with Crippen molar-refractivity contribution in [2.24, 2.45) is 5.73 Å². The Morgan fingerprint density at radius 2 is 2.25 bits per heavy atom. The molecule has 1 atom stereocenters. The third kappa shape index (κ3) is 2.31. The molecule has 0 radical (unpaired) electrons. The number of nitrogens with zero attached hydrogens (tertiary/aromatic N) is 2. The van der Waals surface area contributed by atoms with Crippen LogP contribution in [0.3, 0.4) is 0 Å². The van der Waals surface area contributed by atoms with Gasteiger partial charge in [-0.1, -0.05) is 0 Å². The quantitative estimate of drug-likeness (QED) is 0.781. The van der Waals surface area contributed by atoms with Gasteiger partial charge in [0.05, 0.1) is 11.6 Å². The fourth-order valence-corrected chi connectivity index (χ4v) is 2.07. The van der Waals surface area contributed by atoms with Crippen molar-refractivity contribution in [2.45, 2.75) is 18.9 Å². The molecule has 0 amide bonds. The third-order valence-corrected chi connectivity index (χ3v) is 2.83. The molecule has 0 aromatic heterocycles. The molecule has 1 fully saturated rings. The summed E-state index contributed by atoms with van der Waals surface area (Å²) in [6.07, 6.45) is 2.02. The van der Waals surface area contributed by atoms with E-state index in [1.807, 2.05) is 11.0 Å². The van der Waals surface area contributed by atoms with Gasteiger partial charge in [-0.2, -0.15) is 5.26 Å². The predicted octanol–water partition coefficient (Wildman–Crippen LogP) is 1.62. The van der Waals surface area contributed by atoms with Gasteiger partial charge in [-0.05, 0) is 31.0 Å². The zero-order valence-electron chi connectivity index (χ0n) is 8.99. The summed E-state index contributed by atoms with van der Waals surface area (Å²) in [7, 11) is 0. The first-order valence-corrected chi connectivity index (χ1v) is 5.40. The summed E-state index contributed by atoms with van der Waals surface area (Å²) in [6.45, 7) is 1.61.